The van der Waals surface area contributed by atoms with E-state index in [1.165, 1.54) is 6.26 Å². The van der Waals surface area contributed by atoms with E-state index in [2.05, 4.69) is 5.32 Å². The molecular weight excluding hydrogens is 236 g/mol. The van der Waals surface area contributed by atoms with Gasteiger partial charge in [-0.05, 0) is 37.6 Å². The molecule has 2 rings (SSSR count). The molecule has 1 saturated carbocycles. The number of likely N-dealkylation sites (N-methyl/N-ethyl adjacent to an activating group) is 1. The van der Waals surface area contributed by atoms with Gasteiger partial charge in [-0.2, -0.15) is 0 Å². The first-order valence-electron chi connectivity index (χ1n) is 5.63. The number of sulfone groups is 1. The second-order valence-corrected chi connectivity index (χ2v) is 6.81. The minimum Gasteiger partial charge on any atom is -0.323 e. The Morgan fingerprint density at radius 3 is 2.18 bits per heavy atom. The fourth-order valence-electron chi connectivity index (χ4n) is 2.13. The molecule has 1 atom stereocenters. The van der Waals surface area contributed by atoms with E-state index in [9.17, 15) is 8.42 Å². The van der Waals surface area contributed by atoms with Crippen molar-refractivity contribution in [1.29, 1.82) is 0 Å². The fraction of sp³-hybridized carbons (Fsp3) is 0.500. The number of nitrogens with one attached hydrogen (secondary N) is 1. The van der Waals surface area contributed by atoms with Crippen molar-refractivity contribution in [2.75, 3.05) is 13.3 Å². The summed E-state index contributed by atoms with van der Waals surface area (Å²) in [6, 6.07) is 7.05. The van der Waals surface area contributed by atoms with Crippen LogP contribution in [0.2, 0.25) is 0 Å². The van der Waals surface area contributed by atoms with Crippen molar-refractivity contribution in [3.63, 3.8) is 0 Å². The molecule has 5 heteroatoms. The first-order chi connectivity index (χ1) is 7.87. The molecule has 0 bridgehead atoms. The molecule has 1 fully saturated rings. The van der Waals surface area contributed by atoms with Gasteiger partial charge in [-0.25, -0.2) is 8.42 Å². The topological polar surface area (TPSA) is 72.2 Å². The Balaban J connectivity index is 2.29. The molecule has 1 aliphatic rings. The van der Waals surface area contributed by atoms with Gasteiger partial charge in [0.1, 0.15) is 0 Å². The molecule has 94 valence electrons. The van der Waals surface area contributed by atoms with Gasteiger partial charge in [0.05, 0.1) is 10.9 Å². The van der Waals surface area contributed by atoms with Crippen LogP contribution in [-0.4, -0.2) is 27.3 Å². The van der Waals surface area contributed by atoms with E-state index in [1.807, 2.05) is 19.2 Å². The van der Waals surface area contributed by atoms with Crippen LogP contribution in [0.4, 0.5) is 0 Å². The van der Waals surface area contributed by atoms with Gasteiger partial charge in [0.2, 0.25) is 0 Å². The molecule has 1 aromatic rings. The lowest BCUT2D eigenvalue weighted by atomic mass is 9.98. The molecule has 0 radical (unpaired) electrons. The smallest absolute Gasteiger partial charge is 0.175 e. The summed E-state index contributed by atoms with van der Waals surface area (Å²) in [7, 11) is -1.25. The van der Waals surface area contributed by atoms with Crippen LogP contribution in [0.25, 0.3) is 0 Å². The van der Waals surface area contributed by atoms with Gasteiger partial charge in [0.15, 0.2) is 9.84 Å². The summed E-state index contributed by atoms with van der Waals surface area (Å²) in [5, 5.41) is 3.20. The largest absolute Gasteiger partial charge is 0.323 e. The van der Waals surface area contributed by atoms with E-state index in [0.717, 1.165) is 18.4 Å². The third-order valence-electron chi connectivity index (χ3n) is 3.33. The van der Waals surface area contributed by atoms with Gasteiger partial charge >= 0.3 is 0 Å². The molecule has 1 aromatic carbocycles. The average molecular weight is 254 g/mol. The van der Waals surface area contributed by atoms with Crippen molar-refractivity contribution in [2.24, 2.45) is 5.73 Å². The minimum atomic E-state index is -3.12. The van der Waals surface area contributed by atoms with Crippen LogP contribution in [0.5, 0.6) is 0 Å². The van der Waals surface area contributed by atoms with Gasteiger partial charge in [-0.15, -0.1) is 0 Å². The summed E-state index contributed by atoms with van der Waals surface area (Å²) in [6.45, 7) is 0. The summed E-state index contributed by atoms with van der Waals surface area (Å²) in [6.07, 6.45) is 3.22. The lowest BCUT2D eigenvalue weighted by molar-refractivity contribution is 0.461. The van der Waals surface area contributed by atoms with E-state index in [1.54, 1.807) is 12.1 Å². The normalized spacial score (nSPS) is 19.9. The summed E-state index contributed by atoms with van der Waals surface area (Å²) in [4.78, 5) is 0.345. The number of benzene rings is 1. The average Bonchev–Trinajstić information content (AvgIpc) is 2.97. The van der Waals surface area contributed by atoms with Crippen molar-refractivity contribution in [1.82, 2.24) is 5.32 Å². The molecule has 4 nitrogen and oxygen atoms in total. The number of hydrogen-bond acceptors (Lipinski definition) is 4. The third-order valence-corrected chi connectivity index (χ3v) is 4.46. The Bertz CT molecular complexity index is 504. The maximum Gasteiger partial charge on any atom is 0.175 e. The summed E-state index contributed by atoms with van der Waals surface area (Å²) < 4.78 is 22.7. The van der Waals surface area contributed by atoms with E-state index in [0.29, 0.717) is 4.90 Å². The van der Waals surface area contributed by atoms with Crippen LogP contribution in [0.1, 0.15) is 24.4 Å². The summed E-state index contributed by atoms with van der Waals surface area (Å²) in [5.74, 6) is 0. The highest BCUT2D eigenvalue weighted by Crippen LogP contribution is 2.43. The van der Waals surface area contributed by atoms with Gasteiger partial charge in [0.25, 0.3) is 0 Å². The predicted octanol–water partition coefficient (Wildman–Crippen LogP) is 0.842. The first kappa shape index (κ1) is 12.5. The Morgan fingerprint density at radius 1 is 1.29 bits per heavy atom. The molecule has 3 N–H and O–H groups in total. The SMILES string of the molecule is CNC(c1ccc(S(C)(=O)=O)cc1)C1(N)CC1. The molecule has 0 aromatic heterocycles. The Morgan fingerprint density at radius 2 is 1.82 bits per heavy atom. The highest BCUT2D eigenvalue weighted by Gasteiger charge is 2.45. The Labute approximate surface area is 102 Å². The van der Waals surface area contributed by atoms with Crippen LogP contribution >= 0.6 is 0 Å². The van der Waals surface area contributed by atoms with Crippen LogP contribution in [0.3, 0.4) is 0 Å². The number of nitrogens with two attached hydrogens (primary N) is 1. The molecule has 17 heavy (non-hydrogen) atoms. The lowest BCUT2D eigenvalue weighted by Gasteiger charge is -2.23. The maximum absolute atomic E-state index is 11.4. The zero-order valence-corrected chi connectivity index (χ0v) is 10.9. The molecule has 0 spiro atoms. The van der Waals surface area contributed by atoms with Gasteiger partial charge in [-0.3, -0.25) is 0 Å². The van der Waals surface area contributed by atoms with Crippen molar-refractivity contribution in [3.8, 4) is 0 Å². The van der Waals surface area contributed by atoms with Crippen molar-refractivity contribution < 1.29 is 8.42 Å². The quantitative estimate of drug-likeness (QED) is 0.835. The standard InChI is InChI=1S/C12H18N2O2S/c1-14-11(12(13)7-8-12)9-3-5-10(6-4-9)17(2,15)16/h3-6,11,14H,7-8,13H2,1-2H3. The molecule has 0 saturated heterocycles. The molecule has 0 amide bonds. The van der Waals surface area contributed by atoms with E-state index >= 15 is 0 Å². The van der Waals surface area contributed by atoms with Gasteiger partial charge in [0, 0.05) is 11.8 Å². The lowest BCUT2D eigenvalue weighted by Crippen LogP contribution is -2.38. The summed E-state index contributed by atoms with van der Waals surface area (Å²) >= 11 is 0. The van der Waals surface area contributed by atoms with Crippen LogP contribution in [0, 0.1) is 0 Å². The predicted molar refractivity (Wildman–Crippen MR) is 67.5 cm³/mol. The van der Waals surface area contributed by atoms with Crippen molar-refractivity contribution in [3.05, 3.63) is 29.8 Å². The highest BCUT2D eigenvalue weighted by molar-refractivity contribution is 7.90. The molecule has 1 aliphatic carbocycles. The second-order valence-electron chi connectivity index (χ2n) is 4.80. The molecule has 0 aliphatic heterocycles. The monoisotopic (exact) mass is 254 g/mol. The van der Waals surface area contributed by atoms with E-state index < -0.39 is 9.84 Å². The zero-order valence-electron chi connectivity index (χ0n) is 10.1. The Hall–Kier alpha value is -0.910. The highest BCUT2D eigenvalue weighted by atomic mass is 32.2. The van der Waals surface area contributed by atoms with E-state index in [-0.39, 0.29) is 11.6 Å². The van der Waals surface area contributed by atoms with Crippen LogP contribution < -0.4 is 11.1 Å². The van der Waals surface area contributed by atoms with Crippen molar-refractivity contribution in [2.45, 2.75) is 29.3 Å². The van der Waals surface area contributed by atoms with E-state index in [4.69, 9.17) is 5.73 Å². The minimum absolute atomic E-state index is 0.0936. The first-order valence-corrected chi connectivity index (χ1v) is 7.52. The fourth-order valence-corrected chi connectivity index (χ4v) is 2.76. The van der Waals surface area contributed by atoms with Crippen LogP contribution in [-0.2, 0) is 9.84 Å². The second kappa shape index (κ2) is 4.08. The molecule has 0 heterocycles. The third kappa shape index (κ3) is 2.51. The van der Waals surface area contributed by atoms with Gasteiger partial charge in [-0.1, -0.05) is 12.1 Å². The zero-order chi connectivity index (χ0) is 12.7. The van der Waals surface area contributed by atoms with Crippen molar-refractivity contribution >= 4 is 9.84 Å². The molecule has 1 unspecified atom stereocenters. The Kier molecular flexibility index (Phi) is 3.01. The van der Waals surface area contributed by atoms with Gasteiger partial charge < -0.3 is 11.1 Å². The summed E-state index contributed by atoms with van der Waals surface area (Å²) in [5.41, 5.74) is 7.05. The number of rotatable bonds is 4. The number of hydrogen-bond donors (Lipinski definition) is 2. The van der Waals surface area contributed by atoms with Crippen LogP contribution in [0.15, 0.2) is 29.2 Å². The maximum atomic E-state index is 11.4. The molecular formula is C12H18N2O2S.